The van der Waals surface area contributed by atoms with Crippen molar-refractivity contribution in [3.05, 3.63) is 51.9 Å². The lowest BCUT2D eigenvalue weighted by molar-refractivity contribution is -0.143. The summed E-state index contributed by atoms with van der Waals surface area (Å²) in [4.78, 5) is 18.6. The standard InChI is InChI=1S/C15H8BrF6N3O/c16-11(13(23)26)4-10-5-24-6-12(25-10)7-1-8(14(17,18)19)3-9(2-7)15(20,21)22/h1-6H,(H2,23,26)/b11-4-. The number of rotatable bonds is 3. The van der Waals surface area contributed by atoms with Crippen molar-refractivity contribution in [2.24, 2.45) is 5.73 Å². The van der Waals surface area contributed by atoms with Crippen molar-refractivity contribution >= 4 is 27.9 Å². The fourth-order valence-corrected chi connectivity index (χ4v) is 2.13. The Morgan fingerprint density at radius 2 is 1.54 bits per heavy atom. The SMILES string of the molecule is NC(=O)/C(Br)=C/c1cncc(-c2cc(C(F)(F)F)cc(C(F)(F)F)c2)n1. The van der Waals surface area contributed by atoms with E-state index in [9.17, 15) is 31.1 Å². The highest BCUT2D eigenvalue weighted by molar-refractivity contribution is 9.12. The fraction of sp³-hybridized carbons (Fsp3) is 0.133. The van der Waals surface area contributed by atoms with Crippen molar-refractivity contribution in [2.45, 2.75) is 12.4 Å². The third kappa shape index (κ3) is 4.81. The number of nitrogens with zero attached hydrogens (tertiary/aromatic N) is 2. The second-order valence-corrected chi connectivity index (χ2v) is 5.83. The van der Waals surface area contributed by atoms with Crippen LogP contribution in [0.1, 0.15) is 16.8 Å². The Hall–Kier alpha value is -2.43. The number of primary amides is 1. The Kier molecular flexibility index (Phi) is 5.40. The number of halogens is 7. The molecule has 2 N–H and O–H groups in total. The number of hydrogen-bond donors (Lipinski definition) is 1. The molecule has 1 aromatic heterocycles. The summed E-state index contributed by atoms with van der Waals surface area (Å²) < 4.78 is 77.4. The Balaban J connectivity index is 2.61. The molecule has 0 radical (unpaired) electrons. The maximum atomic E-state index is 12.9. The zero-order valence-corrected chi connectivity index (χ0v) is 14.1. The Morgan fingerprint density at radius 3 is 2.00 bits per heavy atom. The molecule has 2 rings (SSSR count). The van der Waals surface area contributed by atoms with E-state index in [1.54, 1.807) is 0 Å². The van der Waals surface area contributed by atoms with Gasteiger partial charge in [-0.3, -0.25) is 9.78 Å². The minimum atomic E-state index is -4.98. The van der Waals surface area contributed by atoms with Gasteiger partial charge in [-0.25, -0.2) is 4.98 Å². The lowest BCUT2D eigenvalue weighted by Crippen LogP contribution is -2.11. The van der Waals surface area contributed by atoms with Gasteiger partial charge in [0.2, 0.25) is 0 Å². The summed E-state index contributed by atoms with van der Waals surface area (Å²) in [6, 6.07) is 1.09. The monoisotopic (exact) mass is 439 g/mol. The molecule has 138 valence electrons. The van der Waals surface area contributed by atoms with Gasteiger partial charge in [0, 0.05) is 5.56 Å². The summed E-state index contributed by atoms with van der Waals surface area (Å²) in [5.41, 5.74) is 1.43. The second kappa shape index (κ2) is 7.06. The number of amides is 1. The van der Waals surface area contributed by atoms with Gasteiger partial charge < -0.3 is 5.73 Å². The molecule has 0 atom stereocenters. The fourth-order valence-electron chi connectivity index (χ4n) is 1.89. The van der Waals surface area contributed by atoms with Crippen molar-refractivity contribution < 1.29 is 31.1 Å². The summed E-state index contributed by atoms with van der Waals surface area (Å²) >= 11 is 2.86. The van der Waals surface area contributed by atoms with Gasteiger partial charge in [-0.1, -0.05) is 0 Å². The molecule has 0 saturated heterocycles. The van der Waals surface area contributed by atoms with E-state index in [0.717, 1.165) is 18.5 Å². The average Bonchev–Trinajstić information content (AvgIpc) is 2.53. The molecule has 1 heterocycles. The van der Waals surface area contributed by atoms with Crippen LogP contribution in [0.15, 0.2) is 35.1 Å². The molecule has 11 heteroatoms. The Morgan fingerprint density at radius 1 is 1.00 bits per heavy atom. The Bertz CT molecular complexity index is 844. The van der Waals surface area contributed by atoms with Crippen LogP contribution in [0.4, 0.5) is 26.3 Å². The van der Waals surface area contributed by atoms with Crippen LogP contribution in [0.3, 0.4) is 0 Å². The molecule has 0 bridgehead atoms. The zero-order valence-electron chi connectivity index (χ0n) is 12.5. The van der Waals surface area contributed by atoms with Crippen LogP contribution in [-0.4, -0.2) is 15.9 Å². The largest absolute Gasteiger partial charge is 0.416 e. The van der Waals surface area contributed by atoms with E-state index in [1.807, 2.05) is 0 Å². The second-order valence-electron chi connectivity index (χ2n) is 4.98. The molecule has 0 aliphatic rings. The summed E-state index contributed by atoms with van der Waals surface area (Å²) in [6.07, 6.45) is -6.65. The molecule has 4 nitrogen and oxygen atoms in total. The van der Waals surface area contributed by atoms with Crippen LogP contribution in [0.5, 0.6) is 0 Å². The van der Waals surface area contributed by atoms with E-state index in [1.165, 1.54) is 0 Å². The number of benzene rings is 1. The van der Waals surface area contributed by atoms with Crippen molar-refractivity contribution in [1.29, 1.82) is 0 Å². The lowest BCUT2D eigenvalue weighted by Gasteiger charge is -2.14. The number of alkyl halides is 6. The van der Waals surface area contributed by atoms with E-state index in [2.05, 4.69) is 25.9 Å². The maximum absolute atomic E-state index is 12.9. The minimum absolute atomic E-state index is 0.0131. The normalized spacial score (nSPS) is 13.0. The molecule has 0 aliphatic carbocycles. The van der Waals surface area contributed by atoms with Crippen LogP contribution in [0.25, 0.3) is 17.3 Å². The molecule has 0 saturated carbocycles. The van der Waals surface area contributed by atoms with Crippen molar-refractivity contribution in [3.63, 3.8) is 0 Å². The lowest BCUT2D eigenvalue weighted by atomic mass is 10.0. The maximum Gasteiger partial charge on any atom is 0.416 e. The van der Waals surface area contributed by atoms with Crippen molar-refractivity contribution in [3.8, 4) is 11.3 Å². The van der Waals surface area contributed by atoms with Gasteiger partial charge in [0.05, 0.1) is 39.4 Å². The van der Waals surface area contributed by atoms with Crippen LogP contribution in [-0.2, 0) is 17.1 Å². The number of aromatic nitrogens is 2. The van der Waals surface area contributed by atoms with E-state index in [4.69, 9.17) is 5.73 Å². The molecule has 1 amide bonds. The quantitative estimate of drug-likeness (QED) is 0.569. The number of carbonyl (C=O) groups excluding carboxylic acids is 1. The first kappa shape index (κ1) is 19.9. The highest BCUT2D eigenvalue weighted by Gasteiger charge is 2.37. The number of nitrogens with two attached hydrogens (primary N) is 1. The predicted molar refractivity (Wildman–Crippen MR) is 83.6 cm³/mol. The van der Waals surface area contributed by atoms with Crippen LogP contribution in [0.2, 0.25) is 0 Å². The highest BCUT2D eigenvalue weighted by Crippen LogP contribution is 2.38. The molecule has 0 aliphatic heterocycles. The molecular formula is C15H8BrF6N3O. The van der Waals surface area contributed by atoms with E-state index in [0.29, 0.717) is 12.1 Å². The predicted octanol–water partition coefficient (Wildman–Crippen LogP) is 4.40. The summed E-state index contributed by atoms with van der Waals surface area (Å²) in [7, 11) is 0. The third-order valence-electron chi connectivity index (χ3n) is 3.05. The first-order chi connectivity index (χ1) is 11.9. The van der Waals surface area contributed by atoms with E-state index in [-0.39, 0.29) is 21.9 Å². The molecule has 0 unspecified atom stereocenters. The summed E-state index contributed by atoms with van der Waals surface area (Å²) in [5.74, 6) is -0.837. The number of carbonyl (C=O) groups is 1. The third-order valence-corrected chi connectivity index (χ3v) is 3.67. The van der Waals surface area contributed by atoms with Gasteiger partial charge in [0.15, 0.2) is 0 Å². The topological polar surface area (TPSA) is 68.9 Å². The van der Waals surface area contributed by atoms with Crippen LogP contribution in [0, 0.1) is 0 Å². The van der Waals surface area contributed by atoms with Gasteiger partial charge in [-0.2, -0.15) is 26.3 Å². The van der Waals surface area contributed by atoms with Crippen molar-refractivity contribution in [2.75, 3.05) is 0 Å². The summed E-state index contributed by atoms with van der Waals surface area (Å²) in [6.45, 7) is 0. The van der Waals surface area contributed by atoms with Gasteiger partial charge >= 0.3 is 12.4 Å². The number of hydrogen-bond acceptors (Lipinski definition) is 3. The first-order valence-corrected chi connectivity index (χ1v) is 7.46. The van der Waals surface area contributed by atoms with Crippen LogP contribution < -0.4 is 5.73 Å². The molecule has 2 aromatic rings. The van der Waals surface area contributed by atoms with Crippen molar-refractivity contribution in [1.82, 2.24) is 9.97 Å². The molecular weight excluding hydrogens is 432 g/mol. The molecule has 1 aromatic carbocycles. The Labute approximate surface area is 150 Å². The van der Waals surface area contributed by atoms with Gasteiger partial charge in [0.1, 0.15) is 0 Å². The van der Waals surface area contributed by atoms with Gasteiger partial charge in [0.25, 0.3) is 5.91 Å². The van der Waals surface area contributed by atoms with Gasteiger partial charge in [-0.15, -0.1) is 0 Å². The minimum Gasteiger partial charge on any atom is -0.365 e. The van der Waals surface area contributed by atoms with Crippen LogP contribution >= 0.6 is 15.9 Å². The highest BCUT2D eigenvalue weighted by atomic mass is 79.9. The molecule has 26 heavy (non-hydrogen) atoms. The van der Waals surface area contributed by atoms with E-state index < -0.39 is 35.0 Å². The zero-order chi connectivity index (χ0) is 19.7. The first-order valence-electron chi connectivity index (χ1n) is 6.67. The smallest absolute Gasteiger partial charge is 0.365 e. The average molecular weight is 440 g/mol. The van der Waals surface area contributed by atoms with E-state index >= 15 is 0 Å². The van der Waals surface area contributed by atoms with Gasteiger partial charge in [-0.05, 0) is 40.2 Å². The summed E-state index contributed by atoms with van der Waals surface area (Å²) in [5, 5.41) is 0. The molecule has 0 spiro atoms. The molecule has 0 fully saturated rings.